The van der Waals surface area contributed by atoms with Gasteiger partial charge in [0, 0.05) is 46.4 Å². The van der Waals surface area contributed by atoms with E-state index in [2.05, 4.69) is 55.1 Å². The van der Waals surface area contributed by atoms with E-state index < -0.39 is 0 Å². The van der Waals surface area contributed by atoms with Gasteiger partial charge in [-0.15, -0.1) is 24.0 Å². The zero-order chi connectivity index (χ0) is 19.4. The van der Waals surface area contributed by atoms with E-state index in [-0.39, 0.29) is 35.5 Å². The second-order valence-electron chi connectivity index (χ2n) is 8.22. The highest BCUT2D eigenvalue weighted by molar-refractivity contribution is 14.0. The van der Waals surface area contributed by atoms with Crippen LogP contribution in [0, 0.1) is 5.41 Å². The Kier molecular flexibility index (Phi) is 14.8. The Morgan fingerprint density at radius 2 is 1.67 bits per heavy atom. The Morgan fingerprint density at radius 3 is 2.19 bits per heavy atom. The van der Waals surface area contributed by atoms with Crippen molar-refractivity contribution in [1.29, 1.82) is 0 Å². The predicted octanol–water partition coefficient (Wildman–Crippen LogP) is 2.64. The van der Waals surface area contributed by atoms with Gasteiger partial charge in [0.1, 0.15) is 0 Å². The second kappa shape index (κ2) is 14.8. The number of aliphatic imine (C=N–C) groups is 1. The standard InChI is InChI=1S/C20H43N5O.HI/c1-7-21-19(23-17-18(26-6)20(3,4)5)22-11-9-10-12-25-15-13-24(8-2)14-16-25;/h18H,7-17H2,1-6H3,(H2,21,22,23);1H. The Labute approximate surface area is 184 Å². The molecule has 2 N–H and O–H groups in total. The van der Waals surface area contributed by atoms with Gasteiger partial charge in [-0.1, -0.05) is 27.7 Å². The highest BCUT2D eigenvalue weighted by Crippen LogP contribution is 2.21. The van der Waals surface area contributed by atoms with Crippen molar-refractivity contribution >= 4 is 29.9 Å². The van der Waals surface area contributed by atoms with Gasteiger partial charge in [-0.05, 0) is 38.3 Å². The normalized spacial score (nSPS) is 18.1. The average molecular weight is 498 g/mol. The molecule has 1 aliphatic heterocycles. The molecule has 0 bridgehead atoms. The summed E-state index contributed by atoms with van der Waals surface area (Å²) in [6.45, 7) is 20.7. The minimum atomic E-state index is 0. The molecule has 1 saturated heterocycles. The van der Waals surface area contributed by atoms with Gasteiger partial charge in [0.25, 0.3) is 0 Å². The molecule has 0 amide bonds. The highest BCUT2D eigenvalue weighted by Gasteiger charge is 2.24. The summed E-state index contributed by atoms with van der Waals surface area (Å²) in [5, 5.41) is 6.79. The zero-order valence-corrected chi connectivity index (χ0v) is 20.8. The molecule has 1 heterocycles. The molecule has 0 aromatic heterocycles. The van der Waals surface area contributed by atoms with Crippen molar-refractivity contribution in [2.24, 2.45) is 10.4 Å². The summed E-state index contributed by atoms with van der Waals surface area (Å²) in [5.41, 5.74) is 0.0946. The molecule has 0 aliphatic carbocycles. The van der Waals surface area contributed by atoms with Crippen molar-refractivity contribution < 1.29 is 4.74 Å². The quantitative estimate of drug-likeness (QED) is 0.210. The molecule has 0 aromatic rings. The van der Waals surface area contributed by atoms with E-state index in [0.29, 0.717) is 6.54 Å². The lowest BCUT2D eigenvalue weighted by Crippen LogP contribution is -2.46. The maximum absolute atomic E-state index is 5.60. The van der Waals surface area contributed by atoms with E-state index in [1.165, 1.54) is 52.1 Å². The number of ether oxygens (including phenoxy) is 1. The van der Waals surface area contributed by atoms with Crippen LogP contribution in [0.25, 0.3) is 0 Å². The van der Waals surface area contributed by atoms with Crippen molar-refractivity contribution in [2.45, 2.75) is 53.6 Å². The number of likely N-dealkylation sites (N-methyl/N-ethyl adjacent to an activating group) is 1. The van der Waals surface area contributed by atoms with Crippen LogP contribution in [-0.2, 0) is 4.74 Å². The number of hydrogen-bond acceptors (Lipinski definition) is 4. The van der Waals surface area contributed by atoms with Gasteiger partial charge in [0.15, 0.2) is 5.96 Å². The molecule has 7 heteroatoms. The monoisotopic (exact) mass is 497 g/mol. The third-order valence-corrected chi connectivity index (χ3v) is 5.12. The molecule has 1 atom stereocenters. The lowest BCUT2D eigenvalue weighted by Gasteiger charge is -2.34. The molecule has 6 nitrogen and oxygen atoms in total. The Hall–Kier alpha value is -0.120. The van der Waals surface area contributed by atoms with E-state index in [4.69, 9.17) is 9.73 Å². The number of halogens is 1. The SMILES string of the molecule is CCNC(=NCC(OC)C(C)(C)C)NCCCCN1CCN(CC)CC1.I. The van der Waals surface area contributed by atoms with Crippen LogP contribution in [-0.4, -0.2) is 87.9 Å². The molecule has 27 heavy (non-hydrogen) atoms. The van der Waals surface area contributed by atoms with Crippen LogP contribution < -0.4 is 10.6 Å². The predicted molar refractivity (Wildman–Crippen MR) is 127 cm³/mol. The molecule has 0 aromatic carbocycles. The van der Waals surface area contributed by atoms with E-state index >= 15 is 0 Å². The Morgan fingerprint density at radius 1 is 1.04 bits per heavy atom. The molecule has 1 fully saturated rings. The van der Waals surface area contributed by atoms with Crippen molar-refractivity contribution in [1.82, 2.24) is 20.4 Å². The minimum absolute atomic E-state index is 0. The summed E-state index contributed by atoms with van der Waals surface area (Å²) in [6, 6.07) is 0. The fourth-order valence-electron chi connectivity index (χ4n) is 3.21. The van der Waals surface area contributed by atoms with E-state index in [1.807, 2.05) is 0 Å². The smallest absolute Gasteiger partial charge is 0.191 e. The van der Waals surface area contributed by atoms with Crippen LogP contribution in [0.4, 0.5) is 0 Å². The van der Waals surface area contributed by atoms with Gasteiger partial charge in [-0.3, -0.25) is 4.99 Å². The first kappa shape index (κ1) is 26.9. The first-order valence-electron chi connectivity index (χ1n) is 10.4. The summed E-state index contributed by atoms with van der Waals surface area (Å²) in [4.78, 5) is 9.83. The van der Waals surface area contributed by atoms with Crippen LogP contribution in [0.2, 0.25) is 0 Å². The average Bonchev–Trinajstić information content (AvgIpc) is 2.61. The summed E-state index contributed by atoms with van der Waals surface area (Å²) in [7, 11) is 1.77. The molecule has 1 rings (SSSR count). The lowest BCUT2D eigenvalue weighted by molar-refractivity contribution is 0.0241. The van der Waals surface area contributed by atoms with Crippen molar-refractivity contribution in [3.05, 3.63) is 0 Å². The topological polar surface area (TPSA) is 52.1 Å². The highest BCUT2D eigenvalue weighted by atomic mass is 127. The van der Waals surface area contributed by atoms with E-state index in [1.54, 1.807) is 7.11 Å². The Bertz CT molecular complexity index is 392. The minimum Gasteiger partial charge on any atom is -0.379 e. The maximum atomic E-state index is 5.60. The maximum Gasteiger partial charge on any atom is 0.191 e. The van der Waals surface area contributed by atoms with Gasteiger partial charge in [0.05, 0.1) is 12.6 Å². The van der Waals surface area contributed by atoms with Gasteiger partial charge in [-0.25, -0.2) is 0 Å². The Balaban J connectivity index is 0.00000676. The molecule has 0 saturated carbocycles. The van der Waals surface area contributed by atoms with Crippen LogP contribution in [0.5, 0.6) is 0 Å². The second-order valence-corrected chi connectivity index (χ2v) is 8.22. The summed E-state index contributed by atoms with van der Waals surface area (Å²) >= 11 is 0. The number of nitrogens with zero attached hydrogens (tertiary/aromatic N) is 3. The van der Waals surface area contributed by atoms with Gasteiger partial charge in [-0.2, -0.15) is 0 Å². The molecule has 0 radical (unpaired) electrons. The number of methoxy groups -OCH3 is 1. The van der Waals surface area contributed by atoms with Crippen molar-refractivity contribution in [2.75, 3.05) is 66.0 Å². The zero-order valence-electron chi connectivity index (χ0n) is 18.5. The van der Waals surface area contributed by atoms with Gasteiger partial charge >= 0.3 is 0 Å². The molecule has 1 unspecified atom stereocenters. The fourth-order valence-corrected chi connectivity index (χ4v) is 3.21. The number of hydrogen-bond donors (Lipinski definition) is 2. The van der Waals surface area contributed by atoms with Gasteiger partial charge < -0.3 is 25.2 Å². The number of rotatable bonds is 10. The van der Waals surface area contributed by atoms with Gasteiger partial charge in [0.2, 0.25) is 0 Å². The van der Waals surface area contributed by atoms with E-state index in [0.717, 1.165) is 19.0 Å². The van der Waals surface area contributed by atoms with Crippen LogP contribution in [0.1, 0.15) is 47.5 Å². The fraction of sp³-hybridized carbons (Fsp3) is 0.950. The van der Waals surface area contributed by atoms with Crippen molar-refractivity contribution in [3.63, 3.8) is 0 Å². The van der Waals surface area contributed by atoms with Crippen LogP contribution in [0.15, 0.2) is 4.99 Å². The molecule has 0 spiro atoms. The first-order valence-corrected chi connectivity index (χ1v) is 10.4. The first-order chi connectivity index (χ1) is 12.4. The number of guanidine groups is 1. The van der Waals surface area contributed by atoms with Crippen LogP contribution >= 0.6 is 24.0 Å². The third-order valence-electron chi connectivity index (χ3n) is 5.12. The van der Waals surface area contributed by atoms with Crippen LogP contribution in [0.3, 0.4) is 0 Å². The largest absolute Gasteiger partial charge is 0.379 e. The number of unbranched alkanes of at least 4 members (excludes halogenated alkanes) is 1. The molecular weight excluding hydrogens is 453 g/mol. The number of piperazine rings is 1. The molecule has 162 valence electrons. The molecular formula is C20H44IN5O. The van der Waals surface area contributed by atoms with Crippen molar-refractivity contribution in [3.8, 4) is 0 Å². The summed E-state index contributed by atoms with van der Waals surface area (Å²) in [6.07, 6.45) is 2.53. The summed E-state index contributed by atoms with van der Waals surface area (Å²) < 4.78 is 5.60. The molecule has 1 aliphatic rings. The summed E-state index contributed by atoms with van der Waals surface area (Å²) in [5.74, 6) is 0.898. The lowest BCUT2D eigenvalue weighted by atomic mass is 9.89. The van der Waals surface area contributed by atoms with E-state index in [9.17, 15) is 0 Å². The number of nitrogens with one attached hydrogen (secondary N) is 2. The third kappa shape index (κ3) is 11.5.